The number of rotatable bonds is 12. The van der Waals surface area contributed by atoms with Gasteiger partial charge in [-0.1, -0.05) is 63.3 Å². The maximum Gasteiger partial charge on any atom is 0.122 e. The number of benzene rings is 2. The highest BCUT2D eigenvalue weighted by Crippen LogP contribution is 2.27. The second-order valence-electron chi connectivity index (χ2n) is 7.63. The van der Waals surface area contributed by atoms with Crippen LogP contribution in [0.25, 0.3) is 0 Å². The highest BCUT2D eigenvalue weighted by atomic mass is 16.5. The molecule has 3 heteroatoms. The Morgan fingerprint density at radius 2 is 1.57 bits per heavy atom. The minimum Gasteiger partial charge on any atom is -0.497 e. The Hall–Kier alpha value is -2.26. The van der Waals surface area contributed by atoms with E-state index in [0.29, 0.717) is 12.5 Å². The number of hydrogen-bond donors (Lipinski definition) is 0. The van der Waals surface area contributed by atoms with Crippen LogP contribution in [0, 0.1) is 11.8 Å². The van der Waals surface area contributed by atoms with Gasteiger partial charge in [-0.25, -0.2) is 0 Å². The van der Waals surface area contributed by atoms with Crippen LogP contribution < -0.4 is 9.47 Å². The minimum atomic E-state index is -0.0907. The summed E-state index contributed by atoms with van der Waals surface area (Å²) < 4.78 is 17.7. The summed E-state index contributed by atoms with van der Waals surface area (Å²) in [5.41, 5.74) is 1.13. The molecule has 0 N–H and O–H groups in total. The first-order valence-electron chi connectivity index (χ1n) is 10.1. The molecule has 2 aromatic rings. The number of ether oxygens (including phenoxy) is 3. The second kappa shape index (κ2) is 11.6. The molecule has 0 fully saturated rings. The molecule has 152 valence electrons. The fourth-order valence-electron chi connectivity index (χ4n) is 3.23. The van der Waals surface area contributed by atoms with Crippen LogP contribution in [0.4, 0.5) is 0 Å². The van der Waals surface area contributed by atoms with Gasteiger partial charge in [-0.3, -0.25) is 0 Å². The average molecular weight is 383 g/mol. The van der Waals surface area contributed by atoms with Gasteiger partial charge in [-0.15, -0.1) is 0 Å². The average Bonchev–Trinajstić information content (AvgIpc) is 2.72. The van der Waals surface area contributed by atoms with Crippen molar-refractivity contribution in [3.63, 3.8) is 0 Å². The summed E-state index contributed by atoms with van der Waals surface area (Å²) in [6.07, 6.45) is 4.03. The van der Waals surface area contributed by atoms with Crippen molar-refractivity contribution >= 4 is 0 Å². The van der Waals surface area contributed by atoms with E-state index in [2.05, 4.69) is 27.4 Å². The number of para-hydroxylation sites is 1. The van der Waals surface area contributed by atoms with E-state index in [1.54, 1.807) is 7.11 Å². The third-order valence-corrected chi connectivity index (χ3v) is 5.02. The van der Waals surface area contributed by atoms with Gasteiger partial charge in [0, 0.05) is 5.92 Å². The van der Waals surface area contributed by atoms with Gasteiger partial charge < -0.3 is 14.2 Å². The first kappa shape index (κ1) is 22.0. The summed E-state index contributed by atoms with van der Waals surface area (Å²) in [6, 6.07) is 17.9. The largest absolute Gasteiger partial charge is 0.497 e. The molecule has 28 heavy (non-hydrogen) atoms. The second-order valence-corrected chi connectivity index (χ2v) is 7.63. The SMILES string of the molecule is C=C[C@H](Oc1ccccc1)[C@H](CCC(C)C)[C@H](C)OCc1ccc(OC)cc1. The van der Waals surface area contributed by atoms with Gasteiger partial charge in [0.2, 0.25) is 0 Å². The maximum absolute atomic E-state index is 6.25. The normalized spacial score (nSPS) is 14.3. The summed E-state index contributed by atoms with van der Waals surface area (Å²) in [5, 5.41) is 0. The maximum atomic E-state index is 6.25. The molecule has 0 heterocycles. The van der Waals surface area contributed by atoms with Crippen molar-refractivity contribution in [3.8, 4) is 11.5 Å². The fraction of sp³-hybridized carbons (Fsp3) is 0.440. The van der Waals surface area contributed by atoms with Gasteiger partial charge in [-0.05, 0) is 49.1 Å². The van der Waals surface area contributed by atoms with Gasteiger partial charge in [0.1, 0.15) is 17.6 Å². The molecule has 0 spiro atoms. The predicted octanol–water partition coefficient (Wildman–Crippen LogP) is 6.29. The molecule has 0 saturated carbocycles. The van der Waals surface area contributed by atoms with Crippen molar-refractivity contribution in [2.45, 2.75) is 52.4 Å². The quantitative estimate of drug-likeness (QED) is 0.404. The summed E-state index contributed by atoms with van der Waals surface area (Å²) in [5.74, 6) is 2.59. The molecule has 0 aromatic heterocycles. The molecular formula is C25H34O3. The van der Waals surface area contributed by atoms with Crippen LogP contribution in [0.2, 0.25) is 0 Å². The van der Waals surface area contributed by atoms with Gasteiger partial charge in [0.15, 0.2) is 0 Å². The van der Waals surface area contributed by atoms with E-state index in [1.807, 2.05) is 60.7 Å². The smallest absolute Gasteiger partial charge is 0.122 e. The standard InChI is InChI=1S/C25H34O3/c1-6-25(28-23-10-8-7-9-11-23)24(17-12-19(2)3)20(4)27-18-21-13-15-22(26-5)16-14-21/h6-11,13-16,19-20,24-25H,1,12,17-18H2,2-5H3/t20-,24+,25-/m0/s1. The highest BCUT2D eigenvalue weighted by Gasteiger charge is 2.27. The van der Waals surface area contributed by atoms with Crippen LogP contribution in [0.15, 0.2) is 67.3 Å². The Bertz CT molecular complexity index is 679. The van der Waals surface area contributed by atoms with Crippen LogP contribution >= 0.6 is 0 Å². The molecular weight excluding hydrogens is 348 g/mol. The van der Waals surface area contributed by atoms with Crippen molar-refractivity contribution in [2.75, 3.05) is 7.11 Å². The summed E-state index contributed by atoms with van der Waals surface area (Å²) in [7, 11) is 1.68. The van der Waals surface area contributed by atoms with E-state index in [9.17, 15) is 0 Å². The zero-order chi connectivity index (χ0) is 20.4. The molecule has 0 radical (unpaired) electrons. The molecule has 0 aliphatic heterocycles. The van der Waals surface area contributed by atoms with Crippen molar-refractivity contribution < 1.29 is 14.2 Å². The van der Waals surface area contributed by atoms with Crippen LogP contribution in [0.5, 0.6) is 11.5 Å². The van der Waals surface area contributed by atoms with E-state index in [1.165, 1.54) is 0 Å². The van der Waals surface area contributed by atoms with Crippen LogP contribution in [-0.4, -0.2) is 19.3 Å². The van der Waals surface area contributed by atoms with E-state index in [4.69, 9.17) is 14.2 Å². The van der Waals surface area contributed by atoms with Crippen molar-refractivity contribution in [1.82, 2.24) is 0 Å². The lowest BCUT2D eigenvalue weighted by Crippen LogP contribution is -2.35. The van der Waals surface area contributed by atoms with E-state index >= 15 is 0 Å². The number of hydrogen-bond acceptors (Lipinski definition) is 3. The lowest BCUT2D eigenvalue weighted by Gasteiger charge is -2.31. The van der Waals surface area contributed by atoms with Gasteiger partial charge >= 0.3 is 0 Å². The first-order valence-corrected chi connectivity index (χ1v) is 10.1. The summed E-state index contributed by atoms with van der Waals surface area (Å²) >= 11 is 0. The molecule has 3 atom stereocenters. The predicted molar refractivity (Wildman–Crippen MR) is 116 cm³/mol. The third kappa shape index (κ3) is 7.05. The molecule has 3 nitrogen and oxygen atoms in total. The Kier molecular flexibility index (Phi) is 9.09. The zero-order valence-electron chi connectivity index (χ0n) is 17.6. The highest BCUT2D eigenvalue weighted by molar-refractivity contribution is 5.26. The van der Waals surface area contributed by atoms with E-state index in [-0.39, 0.29) is 18.1 Å². The van der Waals surface area contributed by atoms with Gasteiger partial charge in [0.25, 0.3) is 0 Å². The number of methoxy groups -OCH3 is 1. The molecule has 0 aliphatic rings. The lowest BCUT2D eigenvalue weighted by atomic mass is 9.88. The molecule has 0 bridgehead atoms. The molecule has 2 rings (SSSR count). The monoisotopic (exact) mass is 382 g/mol. The third-order valence-electron chi connectivity index (χ3n) is 5.02. The first-order chi connectivity index (χ1) is 13.5. The van der Waals surface area contributed by atoms with Gasteiger partial charge in [0.05, 0.1) is 19.8 Å². The zero-order valence-corrected chi connectivity index (χ0v) is 17.6. The Labute approximate surface area is 170 Å². The minimum absolute atomic E-state index is 0.0487. The van der Waals surface area contributed by atoms with Crippen LogP contribution in [0.1, 0.15) is 39.2 Å². The Morgan fingerprint density at radius 1 is 0.893 bits per heavy atom. The summed E-state index contributed by atoms with van der Waals surface area (Å²) in [4.78, 5) is 0. The Morgan fingerprint density at radius 3 is 2.14 bits per heavy atom. The molecule has 2 aromatic carbocycles. The van der Waals surface area contributed by atoms with E-state index < -0.39 is 0 Å². The van der Waals surface area contributed by atoms with Crippen molar-refractivity contribution in [2.24, 2.45) is 11.8 Å². The molecule has 0 aliphatic carbocycles. The molecule has 0 saturated heterocycles. The lowest BCUT2D eigenvalue weighted by molar-refractivity contribution is -0.0207. The molecule has 0 amide bonds. The Balaban J connectivity index is 2.04. The van der Waals surface area contributed by atoms with Crippen molar-refractivity contribution in [1.29, 1.82) is 0 Å². The summed E-state index contributed by atoms with van der Waals surface area (Å²) in [6.45, 7) is 11.2. The van der Waals surface area contributed by atoms with E-state index in [0.717, 1.165) is 29.9 Å². The van der Waals surface area contributed by atoms with Gasteiger partial charge in [-0.2, -0.15) is 0 Å². The fourth-order valence-corrected chi connectivity index (χ4v) is 3.23. The topological polar surface area (TPSA) is 27.7 Å². The molecule has 0 unspecified atom stereocenters. The van der Waals surface area contributed by atoms with Crippen molar-refractivity contribution in [3.05, 3.63) is 72.8 Å². The van der Waals surface area contributed by atoms with Crippen LogP contribution in [0.3, 0.4) is 0 Å². The van der Waals surface area contributed by atoms with Crippen LogP contribution in [-0.2, 0) is 11.3 Å².